The molecule has 4 nitrogen and oxygen atoms in total. The number of ether oxygens (including phenoxy) is 1. The number of pyridine rings is 1. The zero-order chi connectivity index (χ0) is 20.4. The van der Waals surface area contributed by atoms with Gasteiger partial charge in [0.1, 0.15) is 5.56 Å². The fraction of sp³-hybridized carbons (Fsp3) is 0.429. The maximum Gasteiger partial charge on any atom is 0.391 e. The number of nitrogens with one attached hydrogen (secondary N) is 1. The molecule has 0 saturated heterocycles. The molecule has 0 bridgehead atoms. The number of alkyl halides is 3. The molecule has 0 fully saturated rings. The van der Waals surface area contributed by atoms with Crippen LogP contribution in [0, 0.1) is 0 Å². The Balaban J connectivity index is 1.89. The first kappa shape index (κ1) is 20.2. The number of methoxy groups -OCH3 is 1. The predicted octanol–water partition coefficient (Wildman–Crippen LogP) is 4.26. The summed E-state index contributed by atoms with van der Waals surface area (Å²) in [6.45, 7) is 1.42. The van der Waals surface area contributed by atoms with Crippen LogP contribution < -0.4 is 10.1 Å². The number of fused-ring (bicyclic) bond motifs is 1. The molecule has 1 aliphatic carbocycles. The number of benzene rings is 1. The largest absolute Gasteiger partial charge is 0.480 e. The summed E-state index contributed by atoms with van der Waals surface area (Å²) in [5.41, 5.74) is 1.22. The number of halogens is 3. The number of carbonyl (C=O) groups excluding carboxylic acids is 1. The van der Waals surface area contributed by atoms with Crippen LogP contribution in [0.2, 0.25) is 0 Å². The second-order valence-corrected chi connectivity index (χ2v) is 7.47. The number of carbonyl (C=O) groups is 1. The molecule has 0 radical (unpaired) electrons. The summed E-state index contributed by atoms with van der Waals surface area (Å²) in [7, 11) is 1.40. The van der Waals surface area contributed by atoms with Gasteiger partial charge < -0.3 is 10.1 Å². The zero-order valence-corrected chi connectivity index (χ0v) is 15.9. The van der Waals surface area contributed by atoms with Gasteiger partial charge in [-0.3, -0.25) is 4.79 Å². The summed E-state index contributed by atoms with van der Waals surface area (Å²) < 4.78 is 45.0. The normalized spacial score (nSPS) is 15.6. The van der Waals surface area contributed by atoms with Crippen molar-refractivity contribution in [1.82, 2.24) is 10.3 Å². The summed E-state index contributed by atoms with van der Waals surface area (Å²) in [6.07, 6.45) is -2.95. The molecule has 1 aromatic heterocycles. The third kappa shape index (κ3) is 4.82. The Morgan fingerprint density at radius 2 is 1.93 bits per heavy atom. The lowest BCUT2D eigenvalue weighted by Crippen LogP contribution is -2.50. The van der Waals surface area contributed by atoms with Crippen molar-refractivity contribution in [2.75, 3.05) is 7.11 Å². The molecule has 1 atom stereocenters. The molecule has 3 rings (SSSR count). The first-order valence-corrected chi connectivity index (χ1v) is 9.19. The van der Waals surface area contributed by atoms with Crippen LogP contribution in [-0.2, 0) is 19.3 Å². The molecule has 0 aliphatic heterocycles. The number of amides is 1. The fourth-order valence-corrected chi connectivity index (χ4v) is 3.75. The number of hydrogen-bond donors (Lipinski definition) is 1. The standard InChI is InChI=1S/C21H23F3N2O2/c1-20(13-21(22,23)24,12-14-7-4-3-5-8-14)26-18(27)16-11-15-9-6-10-17(15)25-19(16)28-2/h3-5,7-8,11H,6,9-10,12-13H2,1-2H3,(H,26,27). The van der Waals surface area contributed by atoms with Crippen LogP contribution in [0.3, 0.4) is 0 Å². The molecule has 28 heavy (non-hydrogen) atoms. The minimum absolute atomic E-state index is 0.0553. The molecule has 1 N–H and O–H groups in total. The molecule has 2 aromatic rings. The SMILES string of the molecule is COc1nc2c(cc1C(=O)NC(C)(Cc1ccccc1)CC(F)(F)F)CCC2. The molecule has 0 spiro atoms. The van der Waals surface area contributed by atoms with Gasteiger partial charge in [-0.1, -0.05) is 30.3 Å². The van der Waals surface area contributed by atoms with Crippen LogP contribution in [-0.4, -0.2) is 29.7 Å². The van der Waals surface area contributed by atoms with Gasteiger partial charge in [-0.2, -0.15) is 13.2 Å². The molecular formula is C21H23F3N2O2. The number of hydrogen-bond acceptors (Lipinski definition) is 3. The highest BCUT2D eigenvalue weighted by Crippen LogP contribution is 2.31. The predicted molar refractivity (Wildman–Crippen MR) is 99.5 cm³/mol. The summed E-state index contributed by atoms with van der Waals surface area (Å²) >= 11 is 0. The van der Waals surface area contributed by atoms with E-state index in [1.807, 2.05) is 0 Å². The maximum absolute atomic E-state index is 13.2. The van der Waals surface area contributed by atoms with E-state index in [1.54, 1.807) is 36.4 Å². The van der Waals surface area contributed by atoms with Gasteiger partial charge in [0.2, 0.25) is 5.88 Å². The summed E-state index contributed by atoms with van der Waals surface area (Å²) in [6, 6.07) is 10.5. The van der Waals surface area contributed by atoms with Crippen LogP contribution >= 0.6 is 0 Å². The molecule has 0 saturated carbocycles. The number of aryl methyl sites for hydroxylation is 2. The van der Waals surface area contributed by atoms with Gasteiger partial charge in [0.15, 0.2) is 0 Å². The van der Waals surface area contributed by atoms with E-state index in [0.717, 1.165) is 30.5 Å². The second-order valence-electron chi connectivity index (χ2n) is 7.47. The van der Waals surface area contributed by atoms with Crippen molar-refractivity contribution in [3.05, 3.63) is 58.8 Å². The van der Waals surface area contributed by atoms with Crippen LogP contribution in [0.1, 0.15) is 46.9 Å². The summed E-state index contributed by atoms with van der Waals surface area (Å²) in [5, 5.41) is 2.60. The molecule has 1 aliphatic rings. The smallest absolute Gasteiger partial charge is 0.391 e. The van der Waals surface area contributed by atoms with Gasteiger partial charge in [-0.05, 0) is 49.8 Å². The topological polar surface area (TPSA) is 51.2 Å². The third-order valence-corrected chi connectivity index (χ3v) is 4.90. The van der Waals surface area contributed by atoms with Crippen LogP contribution in [0.5, 0.6) is 5.88 Å². The van der Waals surface area contributed by atoms with Gasteiger partial charge in [-0.25, -0.2) is 4.98 Å². The third-order valence-electron chi connectivity index (χ3n) is 4.90. The van der Waals surface area contributed by atoms with E-state index in [9.17, 15) is 18.0 Å². The minimum Gasteiger partial charge on any atom is -0.480 e. The summed E-state index contributed by atoms with van der Waals surface area (Å²) in [5.74, 6) is -0.464. The number of aromatic nitrogens is 1. The van der Waals surface area contributed by atoms with Gasteiger partial charge in [0.25, 0.3) is 5.91 Å². The van der Waals surface area contributed by atoms with Crippen LogP contribution in [0.15, 0.2) is 36.4 Å². The molecule has 1 heterocycles. The zero-order valence-electron chi connectivity index (χ0n) is 15.9. The van der Waals surface area contributed by atoms with E-state index in [4.69, 9.17) is 4.74 Å². The fourth-order valence-electron chi connectivity index (χ4n) is 3.75. The average Bonchev–Trinajstić information content (AvgIpc) is 3.06. The Morgan fingerprint density at radius 1 is 1.21 bits per heavy atom. The monoisotopic (exact) mass is 392 g/mol. The molecular weight excluding hydrogens is 369 g/mol. The molecule has 1 amide bonds. The number of nitrogens with zero attached hydrogens (tertiary/aromatic N) is 1. The lowest BCUT2D eigenvalue weighted by molar-refractivity contribution is -0.147. The Labute approximate surface area is 162 Å². The van der Waals surface area contributed by atoms with E-state index in [2.05, 4.69) is 10.3 Å². The Kier molecular flexibility index (Phi) is 5.63. The van der Waals surface area contributed by atoms with Crippen molar-refractivity contribution >= 4 is 5.91 Å². The van der Waals surface area contributed by atoms with Crippen molar-refractivity contribution in [3.8, 4) is 5.88 Å². The van der Waals surface area contributed by atoms with Gasteiger partial charge in [0.05, 0.1) is 19.1 Å². The first-order chi connectivity index (χ1) is 13.2. The van der Waals surface area contributed by atoms with Crippen molar-refractivity contribution in [2.45, 2.75) is 50.7 Å². The van der Waals surface area contributed by atoms with Crippen molar-refractivity contribution in [2.24, 2.45) is 0 Å². The van der Waals surface area contributed by atoms with E-state index in [1.165, 1.54) is 14.0 Å². The molecule has 1 aromatic carbocycles. The molecule has 1 unspecified atom stereocenters. The number of rotatable bonds is 6. The highest BCUT2D eigenvalue weighted by molar-refractivity contribution is 5.97. The quantitative estimate of drug-likeness (QED) is 0.799. The van der Waals surface area contributed by atoms with E-state index < -0.39 is 24.0 Å². The van der Waals surface area contributed by atoms with E-state index in [-0.39, 0.29) is 17.9 Å². The Morgan fingerprint density at radius 3 is 2.57 bits per heavy atom. The van der Waals surface area contributed by atoms with Gasteiger partial charge in [0, 0.05) is 5.69 Å². The highest BCUT2D eigenvalue weighted by atomic mass is 19.4. The lowest BCUT2D eigenvalue weighted by Gasteiger charge is -2.32. The van der Waals surface area contributed by atoms with Gasteiger partial charge >= 0.3 is 6.18 Å². The lowest BCUT2D eigenvalue weighted by atomic mass is 9.88. The van der Waals surface area contributed by atoms with Crippen LogP contribution in [0.4, 0.5) is 13.2 Å². The molecule has 7 heteroatoms. The van der Waals surface area contributed by atoms with Crippen molar-refractivity contribution < 1.29 is 22.7 Å². The summed E-state index contributed by atoms with van der Waals surface area (Å²) in [4.78, 5) is 17.3. The van der Waals surface area contributed by atoms with E-state index >= 15 is 0 Å². The highest BCUT2D eigenvalue weighted by Gasteiger charge is 2.41. The minimum atomic E-state index is -4.42. The maximum atomic E-state index is 13.2. The average molecular weight is 392 g/mol. The van der Waals surface area contributed by atoms with Crippen molar-refractivity contribution in [1.29, 1.82) is 0 Å². The Hall–Kier alpha value is -2.57. The first-order valence-electron chi connectivity index (χ1n) is 9.19. The molecule has 150 valence electrons. The van der Waals surface area contributed by atoms with E-state index in [0.29, 0.717) is 5.56 Å². The Bertz CT molecular complexity index is 853. The van der Waals surface area contributed by atoms with Crippen LogP contribution in [0.25, 0.3) is 0 Å². The van der Waals surface area contributed by atoms with Crippen molar-refractivity contribution in [3.63, 3.8) is 0 Å². The van der Waals surface area contributed by atoms with Gasteiger partial charge in [-0.15, -0.1) is 0 Å². The second kappa shape index (κ2) is 7.81.